The van der Waals surface area contributed by atoms with Crippen molar-refractivity contribution in [1.29, 1.82) is 0 Å². The number of carbonyl (C=O) groups is 2. The molecule has 1 N–H and O–H groups in total. The van der Waals surface area contributed by atoms with Gasteiger partial charge in [0.2, 0.25) is 0 Å². The van der Waals surface area contributed by atoms with E-state index in [1.165, 1.54) is 24.3 Å². The summed E-state index contributed by atoms with van der Waals surface area (Å²) in [7, 11) is 0. The van der Waals surface area contributed by atoms with E-state index in [0.29, 0.717) is 5.56 Å². The van der Waals surface area contributed by atoms with E-state index < -0.39 is 35.7 Å². The summed E-state index contributed by atoms with van der Waals surface area (Å²) in [6.07, 6.45) is 0. The van der Waals surface area contributed by atoms with Crippen molar-refractivity contribution < 1.29 is 23.1 Å². The van der Waals surface area contributed by atoms with E-state index in [1.807, 2.05) is 0 Å². The zero-order valence-corrected chi connectivity index (χ0v) is 12.8. The van der Waals surface area contributed by atoms with E-state index >= 15 is 0 Å². The van der Waals surface area contributed by atoms with Crippen LogP contribution in [0.25, 0.3) is 0 Å². The van der Waals surface area contributed by atoms with Crippen LogP contribution < -0.4 is 5.32 Å². The monoisotopic (exact) mass is 339 g/mol. The van der Waals surface area contributed by atoms with Gasteiger partial charge in [-0.05, 0) is 36.8 Å². The van der Waals surface area contributed by atoms with Crippen molar-refractivity contribution in [2.45, 2.75) is 6.92 Å². The van der Waals surface area contributed by atoms with Crippen LogP contribution in [0.5, 0.6) is 0 Å². The number of benzene rings is 2. The summed E-state index contributed by atoms with van der Waals surface area (Å²) in [5.74, 6) is -3.06. The van der Waals surface area contributed by atoms with Gasteiger partial charge in [0.15, 0.2) is 6.61 Å². The molecule has 120 valence electrons. The number of esters is 1. The fourth-order valence-corrected chi connectivity index (χ4v) is 2.00. The molecule has 2 rings (SSSR count). The van der Waals surface area contributed by atoms with Crippen LogP contribution in [0.4, 0.5) is 14.5 Å². The molecule has 0 bridgehead atoms. The molecule has 0 heterocycles. The summed E-state index contributed by atoms with van der Waals surface area (Å²) in [6, 6.07) is 7.87. The number of ether oxygens (including phenoxy) is 1. The molecule has 0 aliphatic rings. The second-order valence-electron chi connectivity index (χ2n) is 4.68. The lowest BCUT2D eigenvalue weighted by Crippen LogP contribution is -2.21. The number of hydrogen-bond donors (Lipinski definition) is 1. The summed E-state index contributed by atoms with van der Waals surface area (Å²) in [5.41, 5.74) is 0.213. The summed E-state index contributed by atoms with van der Waals surface area (Å²) in [4.78, 5) is 23.4. The lowest BCUT2D eigenvalue weighted by molar-refractivity contribution is -0.119. The number of amides is 1. The fourth-order valence-electron chi connectivity index (χ4n) is 1.76. The van der Waals surface area contributed by atoms with E-state index in [0.717, 1.165) is 12.1 Å². The van der Waals surface area contributed by atoms with Crippen molar-refractivity contribution in [3.05, 3.63) is 64.2 Å². The summed E-state index contributed by atoms with van der Waals surface area (Å²) in [6.45, 7) is 0.930. The van der Waals surface area contributed by atoms with Crippen LogP contribution in [-0.4, -0.2) is 18.5 Å². The van der Waals surface area contributed by atoms with E-state index in [9.17, 15) is 18.4 Å². The third kappa shape index (κ3) is 4.26. The minimum absolute atomic E-state index is 0.115. The topological polar surface area (TPSA) is 55.4 Å². The van der Waals surface area contributed by atoms with Crippen molar-refractivity contribution in [3.63, 3.8) is 0 Å². The smallest absolute Gasteiger partial charge is 0.343 e. The van der Waals surface area contributed by atoms with Gasteiger partial charge in [-0.1, -0.05) is 23.7 Å². The molecule has 0 spiro atoms. The van der Waals surface area contributed by atoms with Crippen LogP contribution in [0.3, 0.4) is 0 Å². The maximum atomic E-state index is 13.5. The first-order chi connectivity index (χ1) is 10.9. The highest BCUT2D eigenvalue weighted by atomic mass is 35.5. The first-order valence-corrected chi connectivity index (χ1v) is 6.93. The molecule has 7 heteroatoms. The van der Waals surface area contributed by atoms with E-state index in [2.05, 4.69) is 5.32 Å². The van der Waals surface area contributed by atoms with E-state index in [-0.39, 0.29) is 10.7 Å². The average molecular weight is 340 g/mol. The highest BCUT2D eigenvalue weighted by molar-refractivity contribution is 6.33. The molecular weight excluding hydrogens is 328 g/mol. The standard InChI is InChI=1S/C16H12ClF2NO3/c1-9-5-6-10(7-13(9)19)20-14(21)8-23-16(22)15-11(17)3-2-4-12(15)18/h2-7H,8H2,1H3,(H,20,21). The number of hydrogen-bond acceptors (Lipinski definition) is 3. The number of halogens is 3. The molecule has 0 radical (unpaired) electrons. The van der Waals surface area contributed by atoms with Crippen molar-refractivity contribution >= 4 is 29.2 Å². The van der Waals surface area contributed by atoms with E-state index in [4.69, 9.17) is 16.3 Å². The molecular formula is C16H12ClF2NO3. The SMILES string of the molecule is Cc1ccc(NC(=O)COC(=O)c2c(F)cccc2Cl)cc1F. The Bertz CT molecular complexity index is 745. The van der Waals surface area contributed by atoms with Gasteiger partial charge in [-0.25, -0.2) is 13.6 Å². The predicted molar refractivity (Wildman–Crippen MR) is 81.5 cm³/mol. The van der Waals surface area contributed by atoms with Gasteiger partial charge < -0.3 is 10.1 Å². The maximum Gasteiger partial charge on any atom is 0.343 e. The quantitative estimate of drug-likeness (QED) is 0.864. The first kappa shape index (κ1) is 16.9. The summed E-state index contributed by atoms with van der Waals surface area (Å²) < 4.78 is 31.6. The molecule has 2 aromatic carbocycles. The highest BCUT2D eigenvalue weighted by Crippen LogP contribution is 2.20. The van der Waals surface area contributed by atoms with Gasteiger partial charge in [0.05, 0.1) is 5.02 Å². The van der Waals surface area contributed by atoms with Crippen LogP contribution in [0.2, 0.25) is 5.02 Å². The second-order valence-corrected chi connectivity index (χ2v) is 5.09. The molecule has 0 aliphatic carbocycles. The van der Waals surface area contributed by atoms with Crippen molar-refractivity contribution in [2.24, 2.45) is 0 Å². The Balaban J connectivity index is 1.96. The van der Waals surface area contributed by atoms with Crippen LogP contribution in [0.15, 0.2) is 36.4 Å². The minimum atomic E-state index is -1.06. The molecule has 1 amide bonds. The van der Waals surface area contributed by atoms with Crippen molar-refractivity contribution in [1.82, 2.24) is 0 Å². The first-order valence-electron chi connectivity index (χ1n) is 6.55. The molecule has 0 atom stereocenters. The van der Waals surface area contributed by atoms with Crippen LogP contribution in [-0.2, 0) is 9.53 Å². The number of aryl methyl sites for hydroxylation is 1. The number of anilines is 1. The predicted octanol–water partition coefficient (Wildman–Crippen LogP) is 3.72. The molecule has 0 fully saturated rings. The number of carbonyl (C=O) groups excluding carboxylic acids is 2. The zero-order chi connectivity index (χ0) is 17.0. The van der Waals surface area contributed by atoms with Gasteiger partial charge in [-0.2, -0.15) is 0 Å². The minimum Gasteiger partial charge on any atom is -0.452 e. The Morgan fingerprint density at radius 1 is 1.17 bits per heavy atom. The Hall–Kier alpha value is -2.47. The van der Waals surface area contributed by atoms with Gasteiger partial charge >= 0.3 is 5.97 Å². The van der Waals surface area contributed by atoms with Gasteiger partial charge in [0, 0.05) is 5.69 Å². The number of nitrogens with one attached hydrogen (secondary N) is 1. The molecule has 0 unspecified atom stereocenters. The Kier molecular flexibility index (Phi) is 5.28. The van der Waals surface area contributed by atoms with Gasteiger partial charge in [-0.15, -0.1) is 0 Å². The third-order valence-electron chi connectivity index (χ3n) is 2.96. The lowest BCUT2D eigenvalue weighted by atomic mass is 10.2. The van der Waals surface area contributed by atoms with Gasteiger partial charge in [0.25, 0.3) is 5.91 Å². The Morgan fingerprint density at radius 2 is 1.91 bits per heavy atom. The Morgan fingerprint density at radius 3 is 2.57 bits per heavy atom. The largest absolute Gasteiger partial charge is 0.452 e. The average Bonchev–Trinajstić information content (AvgIpc) is 2.49. The van der Waals surface area contributed by atoms with Crippen LogP contribution in [0.1, 0.15) is 15.9 Å². The maximum absolute atomic E-state index is 13.5. The lowest BCUT2D eigenvalue weighted by Gasteiger charge is -2.08. The summed E-state index contributed by atoms with van der Waals surface area (Å²) in [5, 5.41) is 2.25. The van der Waals surface area contributed by atoms with Gasteiger partial charge in [-0.3, -0.25) is 4.79 Å². The van der Waals surface area contributed by atoms with E-state index in [1.54, 1.807) is 6.92 Å². The molecule has 0 saturated carbocycles. The molecule has 23 heavy (non-hydrogen) atoms. The highest BCUT2D eigenvalue weighted by Gasteiger charge is 2.18. The Labute approximate surface area is 136 Å². The second kappa shape index (κ2) is 7.19. The van der Waals surface area contributed by atoms with Gasteiger partial charge in [0.1, 0.15) is 17.2 Å². The number of rotatable bonds is 4. The van der Waals surface area contributed by atoms with Crippen molar-refractivity contribution in [3.8, 4) is 0 Å². The molecule has 0 aliphatic heterocycles. The molecule has 2 aromatic rings. The normalized spacial score (nSPS) is 10.3. The molecule has 4 nitrogen and oxygen atoms in total. The zero-order valence-electron chi connectivity index (χ0n) is 12.0. The third-order valence-corrected chi connectivity index (χ3v) is 3.27. The van der Waals surface area contributed by atoms with Crippen LogP contribution >= 0.6 is 11.6 Å². The fraction of sp³-hybridized carbons (Fsp3) is 0.125. The molecule has 0 saturated heterocycles. The summed E-state index contributed by atoms with van der Waals surface area (Å²) >= 11 is 5.72. The van der Waals surface area contributed by atoms with Crippen molar-refractivity contribution in [2.75, 3.05) is 11.9 Å². The molecule has 0 aromatic heterocycles. The van der Waals surface area contributed by atoms with Crippen LogP contribution in [0, 0.1) is 18.6 Å².